The third kappa shape index (κ3) is 1.50. The second-order valence-corrected chi connectivity index (χ2v) is 3.24. The van der Waals surface area contributed by atoms with Crippen LogP contribution in [0.25, 0.3) is 11.1 Å². The fourth-order valence-corrected chi connectivity index (χ4v) is 1.39. The number of nitrogens with one attached hydrogen (secondary N) is 2. The summed E-state index contributed by atoms with van der Waals surface area (Å²) in [5.74, 6) is -0.349. The predicted molar refractivity (Wildman–Crippen MR) is 55.8 cm³/mol. The van der Waals surface area contributed by atoms with Crippen molar-refractivity contribution in [3.8, 4) is 0 Å². The van der Waals surface area contributed by atoms with Gasteiger partial charge in [-0.25, -0.2) is 4.39 Å². The molecule has 0 amide bonds. The van der Waals surface area contributed by atoms with Crippen molar-refractivity contribution in [1.82, 2.24) is 15.2 Å². The Hall–Kier alpha value is -2.37. The quantitative estimate of drug-likeness (QED) is 0.693. The number of benzene rings is 1. The van der Waals surface area contributed by atoms with E-state index in [9.17, 15) is 4.39 Å². The summed E-state index contributed by atoms with van der Waals surface area (Å²) >= 11 is 0. The minimum Gasteiger partial charge on any atom is -0.423 e. The van der Waals surface area contributed by atoms with Gasteiger partial charge in [0.15, 0.2) is 5.58 Å². The molecule has 3 aromatic rings. The van der Waals surface area contributed by atoms with E-state index in [0.29, 0.717) is 17.1 Å². The fourth-order valence-electron chi connectivity index (χ4n) is 1.39. The lowest BCUT2D eigenvalue weighted by Gasteiger charge is -1.93. The van der Waals surface area contributed by atoms with Gasteiger partial charge in [0.05, 0.1) is 11.9 Å². The maximum atomic E-state index is 12.9. The van der Waals surface area contributed by atoms with Gasteiger partial charge < -0.3 is 9.73 Å². The number of hydrogen-bond acceptors (Lipinski definition) is 4. The third-order valence-electron chi connectivity index (χ3n) is 2.10. The molecule has 2 aromatic heterocycles. The molecule has 3 rings (SSSR count). The normalized spacial score (nSPS) is 10.8. The van der Waals surface area contributed by atoms with Crippen molar-refractivity contribution in [2.75, 3.05) is 5.32 Å². The second kappa shape index (κ2) is 3.34. The Labute approximate surface area is 89.3 Å². The second-order valence-electron chi connectivity index (χ2n) is 3.24. The number of H-pyrrole nitrogens is 1. The predicted octanol–water partition coefficient (Wildman–Crippen LogP) is 2.43. The molecule has 0 bridgehead atoms. The van der Waals surface area contributed by atoms with Crippen molar-refractivity contribution >= 4 is 22.8 Å². The van der Waals surface area contributed by atoms with E-state index in [-0.39, 0.29) is 5.82 Å². The summed E-state index contributed by atoms with van der Waals surface area (Å²) in [5.41, 5.74) is 1.74. The van der Waals surface area contributed by atoms with Gasteiger partial charge >= 0.3 is 0 Å². The summed E-state index contributed by atoms with van der Waals surface area (Å²) in [6.07, 6.45) is 3.25. The lowest BCUT2D eigenvalue weighted by molar-refractivity contribution is 0.604. The molecule has 80 valence electrons. The monoisotopic (exact) mass is 218 g/mol. The van der Waals surface area contributed by atoms with Gasteiger partial charge in [-0.2, -0.15) is 10.1 Å². The molecule has 0 unspecified atom stereocenters. The zero-order valence-electron chi connectivity index (χ0n) is 8.07. The molecule has 0 spiro atoms. The van der Waals surface area contributed by atoms with E-state index in [1.807, 2.05) is 0 Å². The van der Waals surface area contributed by atoms with Crippen molar-refractivity contribution in [2.24, 2.45) is 0 Å². The van der Waals surface area contributed by atoms with Crippen LogP contribution < -0.4 is 5.32 Å². The summed E-state index contributed by atoms with van der Waals surface area (Å²) in [5, 5.41) is 9.32. The van der Waals surface area contributed by atoms with Gasteiger partial charge in [-0.3, -0.25) is 5.10 Å². The molecule has 0 aliphatic carbocycles. The molecule has 0 saturated carbocycles. The lowest BCUT2D eigenvalue weighted by Crippen LogP contribution is -1.86. The first kappa shape index (κ1) is 8.90. The van der Waals surface area contributed by atoms with Crippen molar-refractivity contribution in [3.05, 3.63) is 36.4 Å². The number of anilines is 2. The molecule has 0 radical (unpaired) electrons. The Kier molecular flexibility index (Phi) is 1.86. The van der Waals surface area contributed by atoms with Crippen LogP contribution in [0.4, 0.5) is 16.1 Å². The van der Waals surface area contributed by atoms with Crippen LogP contribution in [0.2, 0.25) is 0 Å². The zero-order valence-corrected chi connectivity index (χ0v) is 8.07. The molecular formula is C10H7FN4O. The highest BCUT2D eigenvalue weighted by molar-refractivity contribution is 5.75. The summed E-state index contributed by atoms with van der Waals surface area (Å²) in [7, 11) is 0. The van der Waals surface area contributed by atoms with E-state index in [0.717, 1.165) is 5.69 Å². The highest BCUT2D eigenvalue weighted by Gasteiger charge is 2.06. The maximum Gasteiger partial charge on any atom is 0.300 e. The van der Waals surface area contributed by atoms with Crippen LogP contribution in [-0.2, 0) is 0 Å². The van der Waals surface area contributed by atoms with Gasteiger partial charge in [0, 0.05) is 12.3 Å². The Morgan fingerprint density at radius 1 is 1.38 bits per heavy atom. The van der Waals surface area contributed by atoms with E-state index in [2.05, 4.69) is 20.5 Å². The molecule has 16 heavy (non-hydrogen) atoms. The lowest BCUT2D eigenvalue weighted by atomic mass is 10.3. The minimum absolute atomic E-state index is 0.307. The molecular weight excluding hydrogens is 211 g/mol. The maximum absolute atomic E-state index is 12.9. The summed E-state index contributed by atoms with van der Waals surface area (Å²) in [4.78, 5) is 4.14. The van der Waals surface area contributed by atoms with Crippen molar-refractivity contribution < 1.29 is 8.81 Å². The fraction of sp³-hybridized carbons (Fsp3) is 0. The number of fused-ring (bicyclic) bond motifs is 1. The molecule has 2 heterocycles. The first-order valence-corrected chi connectivity index (χ1v) is 4.63. The molecule has 6 heteroatoms. The van der Waals surface area contributed by atoms with Gasteiger partial charge in [-0.1, -0.05) is 0 Å². The van der Waals surface area contributed by atoms with Crippen LogP contribution in [0, 0.1) is 5.82 Å². The summed E-state index contributed by atoms with van der Waals surface area (Å²) < 4.78 is 18.2. The average molecular weight is 218 g/mol. The standard InChI is InChI=1S/C10H7FN4O/c11-6-1-2-8-9(3-6)16-10(15-8)14-7-4-12-13-5-7/h1-5H,(H,12,13)(H,14,15). The Morgan fingerprint density at radius 2 is 2.31 bits per heavy atom. The number of halogens is 1. The highest BCUT2D eigenvalue weighted by Crippen LogP contribution is 2.21. The van der Waals surface area contributed by atoms with E-state index < -0.39 is 0 Å². The number of oxazole rings is 1. The van der Waals surface area contributed by atoms with Crippen molar-refractivity contribution in [2.45, 2.75) is 0 Å². The van der Waals surface area contributed by atoms with Crippen LogP contribution in [0.3, 0.4) is 0 Å². The zero-order chi connectivity index (χ0) is 11.0. The number of aromatic amines is 1. The first-order chi connectivity index (χ1) is 7.81. The molecule has 5 nitrogen and oxygen atoms in total. The number of aromatic nitrogens is 3. The summed E-state index contributed by atoms with van der Waals surface area (Å²) in [6, 6.07) is 4.51. The SMILES string of the molecule is Fc1ccc2nc(Nc3cn[nH]c3)oc2c1. The molecule has 0 atom stereocenters. The van der Waals surface area contributed by atoms with Crippen LogP contribution in [0.15, 0.2) is 35.0 Å². The number of hydrogen-bond donors (Lipinski definition) is 2. The third-order valence-corrected chi connectivity index (χ3v) is 2.10. The van der Waals surface area contributed by atoms with Gasteiger partial charge in [0.2, 0.25) is 0 Å². The van der Waals surface area contributed by atoms with Crippen LogP contribution in [0.5, 0.6) is 0 Å². The van der Waals surface area contributed by atoms with Crippen molar-refractivity contribution in [1.29, 1.82) is 0 Å². The van der Waals surface area contributed by atoms with E-state index in [4.69, 9.17) is 4.42 Å². The van der Waals surface area contributed by atoms with Crippen LogP contribution >= 0.6 is 0 Å². The molecule has 0 fully saturated rings. The first-order valence-electron chi connectivity index (χ1n) is 4.63. The smallest absolute Gasteiger partial charge is 0.300 e. The molecule has 0 aliphatic rings. The van der Waals surface area contributed by atoms with Crippen LogP contribution in [0.1, 0.15) is 0 Å². The molecule has 0 saturated heterocycles. The molecule has 2 N–H and O–H groups in total. The summed E-state index contributed by atoms with van der Waals surface area (Å²) in [6.45, 7) is 0. The number of rotatable bonds is 2. The minimum atomic E-state index is -0.349. The molecule has 0 aliphatic heterocycles. The van der Waals surface area contributed by atoms with Gasteiger partial charge in [-0.15, -0.1) is 0 Å². The Balaban J connectivity index is 1.99. The highest BCUT2D eigenvalue weighted by atomic mass is 19.1. The van der Waals surface area contributed by atoms with Crippen molar-refractivity contribution in [3.63, 3.8) is 0 Å². The largest absolute Gasteiger partial charge is 0.423 e. The van der Waals surface area contributed by atoms with E-state index >= 15 is 0 Å². The number of nitrogens with zero attached hydrogens (tertiary/aromatic N) is 2. The molecule has 1 aromatic carbocycles. The van der Waals surface area contributed by atoms with E-state index in [1.165, 1.54) is 12.1 Å². The van der Waals surface area contributed by atoms with Crippen LogP contribution in [-0.4, -0.2) is 15.2 Å². The average Bonchev–Trinajstić information content (AvgIpc) is 2.86. The van der Waals surface area contributed by atoms with Gasteiger partial charge in [0.25, 0.3) is 6.01 Å². The van der Waals surface area contributed by atoms with Gasteiger partial charge in [0.1, 0.15) is 11.3 Å². The Morgan fingerprint density at radius 3 is 3.12 bits per heavy atom. The van der Waals surface area contributed by atoms with Gasteiger partial charge in [-0.05, 0) is 12.1 Å². The Bertz CT molecular complexity index is 617. The van der Waals surface area contributed by atoms with E-state index in [1.54, 1.807) is 18.5 Å². The topological polar surface area (TPSA) is 66.7 Å².